The molecule has 5 rings (SSSR count). The molecule has 0 aliphatic carbocycles. The van der Waals surface area contributed by atoms with Crippen molar-refractivity contribution in [2.75, 3.05) is 26.9 Å². The minimum atomic E-state index is -1.19. The fraction of sp³-hybridized carbons (Fsp3) is 0.417. The SMILES string of the molecule is COC(=O)c1c(CN2C3COC[C@H]2CC(O)(CO)C3)nc(-c2nccs2)nc1-c1ccc(F)cc1Cl. The molecular formula is C24H24ClFN4O5S. The Labute approximate surface area is 215 Å². The predicted molar refractivity (Wildman–Crippen MR) is 130 cm³/mol. The van der Waals surface area contributed by atoms with E-state index in [4.69, 9.17) is 26.1 Å². The monoisotopic (exact) mass is 534 g/mol. The summed E-state index contributed by atoms with van der Waals surface area (Å²) >= 11 is 7.73. The summed E-state index contributed by atoms with van der Waals surface area (Å²) in [5, 5.41) is 23.0. The first-order valence-electron chi connectivity index (χ1n) is 11.3. The molecule has 2 aliphatic rings. The third-order valence-corrected chi connectivity index (χ3v) is 7.68. The minimum absolute atomic E-state index is 0.0890. The van der Waals surface area contributed by atoms with Gasteiger partial charge in [-0.2, -0.15) is 0 Å². The molecule has 0 spiro atoms. The number of benzene rings is 1. The van der Waals surface area contributed by atoms with Crippen molar-refractivity contribution in [3.05, 3.63) is 51.9 Å². The molecule has 2 unspecified atom stereocenters. The highest BCUT2D eigenvalue weighted by atomic mass is 35.5. The van der Waals surface area contributed by atoms with Crippen LogP contribution >= 0.6 is 22.9 Å². The third-order valence-electron chi connectivity index (χ3n) is 6.60. The summed E-state index contributed by atoms with van der Waals surface area (Å²) in [6.07, 6.45) is 2.26. The molecule has 0 saturated carbocycles. The lowest BCUT2D eigenvalue weighted by Crippen LogP contribution is -2.62. The van der Waals surface area contributed by atoms with Crippen molar-refractivity contribution in [3.63, 3.8) is 0 Å². The van der Waals surface area contributed by atoms with E-state index < -0.39 is 17.4 Å². The van der Waals surface area contributed by atoms with Crippen LogP contribution in [-0.2, 0) is 16.0 Å². The van der Waals surface area contributed by atoms with Crippen LogP contribution < -0.4 is 0 Å². The van der Waals surface area contributed by atoms with Crippen molar-refractivity contribution in [3.8, 4) is 22.1 Å². The lowest BCUT2D eigenvalue weighted by atomic mass is 9.81. The molecular weight excluding hydrogens is 511 g/mol. The van der Waals surface area contributed by atoms with E-state index in [2.05, 4.69) is 14.9 Å². The van der Waals surface area contributed by atoms with E-state index in [9.17, 15) is 19.4 Å². The lowest BCUT2D eigenvalue weighted by Gasteiger charge is -2.51. The van der Waals surface area contributed by atoms with Gasteiger partial charge >= 0.3 is 5.97 Å². The van der Waals surface area contributed by atoms with Crippen LogP contribution in [0.4, 0.5) is 4.39 Å². The van der Waals surface area contributed by atoms with Crippen LogP contribution in [-0.4, -0.2) is 80.6 Å². The van der Waals surface area contributed by atoms with E-state index in [1.165, 1.54) is 30.6 Å². The molecule has 36 heavy (non-hydrogen) atoms. The van der Waals surface area contributed by atoms with Gasteiger partial charge in [-0.1, -0.05) is 11.6 Å². The van der Waals surface area contributed by atoms with Crippen molar-refractivity contribution in [2.45, 2.75) is 37.1 Å². The number of aliphatic hydroxyl groups is 2. The normalized spacial score (nSPS) is 24.0. The number of hydrogen-bond donors (Lipinski definition) is 2. The summed E-state index contributed by atoms with van der Waals surface area (Å²) in [4.78, 5) is 28.9. The van der Waals surface area contributed by atoms with Gasteiger partial charge in [0.15, 0.2) is 10.8 Å². The summed E-state index contributed by atoms with van der Waals surface area (Å²) < 4.78 is 24.7. The summed E-state index contributed by atoms with van der Waals surface area (Å²) in [6, 6.07) is 3.47. The fourth-order valence-electron chi connectivity index (χ4n) is 4.95. The maximum atomic E-state index is 13.8. The van der Waals surface area contributed by atoms with Crippen molar-refractivity contribution in [1.82, 2.24) is 19.9 Å². The summed E-state index contributed by atoms with van der Waals surface area (Å²) in [7, 11) is 1.27. The van der Waals surface area contributed by atoms with Gasteiger partial charge in [-0.3, -0.25) is 4.90 Å². The second kappa shape index (κ2) is 10.1. The molecule has 2 saturated heterocycles. The third kappa shape index (κ3) is 4.74. The number of methoxy groups -OCH3 is 1. The minimum Gasteiger partial charge on any atom is -0.465 e. The molecule has 1 aromatic carbocycles. The second-order valence-corrected chi connectivity index (χ2v) is 10.3. The first-order valence-corrected chi connectivity index (χ1v) is 12.6. The van der Waals surface area contributed by atoms with Gasteiger partial charge in [0.25, 0.3) is 0 Å². The Hall–Kier alpha value is -2.54. The summed E-state index contributed by atoms with van der Waals surface area (Å²) in [6.45, 7) is 0.633. The highest BCUT2D eigenvalue weighted by Gasteiger charge is 2.46. The number of aromatic nitrogens is 3. The van der Waals surface area contributed by atoms with Crippen LogP contribution in [0.25, 0.3) is 22.1 Å². The highest BCUT2D eigenvalue weighted by molar-refractivity contribution is 7.13. The zero-order chi connectivity index (χ0) is 25.4. The number of fused-ring (bicyclic) bond motifs is 2. The quantitative estimate of drug-likeness (QED) is 0.460. The van der Waals surface area contributed by atoms with E-state index in [1.54, 1.807) is 11.6 Å². The van der Waals surface area contributed by atoms with Gasteiger partial charge in [0, 0.05) is 35.8 Å². The molecule has 2 fully saturated rings. The number of esters is 1. The van der Waals surface area contributed by atoms with Gasteiger partial charge < -0.3 is 19.7 Å². The number of carbonyl (C=O) groups excluding carboxylic acids is 1. The molecule has 3 atom stereocenters. The number of hydrogen-bond acceptors (Lipinski definition) is 10. The Balaban J connectivity index is 1.66. The fourth-order valence-corrected chi connectivity index (χ4v) is 5.77. The number of carbonyl (C=O) groups is 1. The van der Waals surface area contributed by atoms with Gasteiger partial charge in [-0.25, -0.2) is 24.1 Å². The molecule has 12 heteroatoms. The van der Waals surface area contributed by atoms with Crippen molar-refractivity contribution in [2.24, 2.45) is 0 Å². The van der Waals surface area contributed by atoms with Crippen LogP contribution in [0.5, 0.6) is 0 Å². The number of piperidine rings is 1. The topological polar surface area (TPSA) is 118 Å². The standard InChI is InChI=1S/C24H24ClFN4O5S/c1-34-23(32)19-18(9-30-14-7-24(33,12-31)8-15(30)11-35-10-14)28-21(22-27-4-5-36-22)29-20(19)16-3-2-13(26)6-17(16)25/h2-6,14-15,31,33H,7-12H2,1H3/t14-,15?,24?/m1/s1. The van der Waals surface area contributed by atoms with Gasteiger partial charge in [-0.05, 0) is 31.0 Å². The summed E-state index contributed by atoms with van der Waals surface area (Å²) in [5.74, 6) is -0.875. The maximum absolute atomic E-state index is 13.8. The Morgan fingerprint density at radius 2 is 2.08 bits per heavy atom. The lowest BCUT2D eigenvalue weighted by molar-refractivity contribution is -0.158. The number of rotatable bonds is 6. The Morgan fingerprint density at radius 1 is 1.33 bits per heavy atom. The largest absolute Gasteiger partial charge is 0.465 e. The van der Waals surface area contributed by atoms with E-state index >= 15 is 0 Å². The molecule has 0 amide bonds. The Bertz CT molecular complexity index is 1260. The Morgan fingerprint density at radius 3 is 2.69 bits per heavy atom. The van der Waals surface area contributed by atoms with E-state index in [0.29, 0.717) is 48.1 Å². The zero-order valence-corrected chi connectivity index (χ0v) is 20.9. The van der Waals surface area contributed by atoms with Crippen LogP contribution in [0.3, 0.4) is 0 Å². The van der Waals surface area contributed by atoms with Crippen LogP contribution in [0.2, 0.25) is 5.02 Å². The predicted octanol–water partition coefficient (Wildman–Crippen LogP) is 2.93. The molecule has 0 radical (unpaired) electrons. The number of aliphatic hydroxyl groups excluding tert-OH is 1. The average molecular weight is 535 g/mol. The van der Waals surface area contributed by atoms with Crippen LogP contribution in [0.15, 0.2) is 29.8 Å². The Kier molecular flexibility index (Phi) is 7.03. The van der Waals surface area contributed by atoms with Crippen LogP contribution in [0.1, 0.15) is 28.9 Å². The number of nitrogens with zero attached hydrogens (tertiary/aromatic N) is 4. The molecule has 190 valence electrons. The molecule has 9 nitrogen and oxygen atoms in total. The van der Waals surface area contributed by atoms with Crippen molar-refractivity contribution in [1.29, 1.82) is 0 Å². The van der Waals surface area contributed by atoms with Crippen molar-refractivity contribution >= 4 is 28.9 Å². The van der Waals surface area contributed by atoms with E-state index in [0.717, 1.165) is 6.07 Å². The molecule has 2 bridgehead atoms. The van der Waals surface area contributed by atoms with E-state index in [-0.39, 0.29) is 41.5 Å². The van der Waals surface area contributed by atoms with Gasteiger partial charge in [0.05, 0.1) is 48.9 Å². The maximum Gasteiger partial charge on any atom is 0.342 e. The molecule has 2 aliphatic heterocycles. The van der Waals surface area contributed by atoms with Gasteiger partial charge in [0.1, 0.15) is 11.4 Å². The molecule has 2 aromatic heterocycles. The van der Waals surface area contributed by atoms with Crippen molar-refractivity contribution < 1.29 is 28.9 Å². The number of thiazole rings is 1. The molecule has 3 aromatic rings. The van der Waals surface area contributed by atoms with Gasteiger partial charge in [-0.15, -0.1) is 11.3 Å². The average Bonchev–Trinajstić information content (AvgIpc) is 3.39. The van der Waals surface area contributed by atoms with Gasteiger partial charge in [0.2, 0.25) is 0 Å². The second-order valence-electron chi connectivity index (χ2n) is 8.98. The zero-order valence-electron chi connectivity index (χ0n) is 19.4. The summed E-state index contributed by atoms with van der Waals surface area (Å²) in [5.41, 5.74) is -0.105. The number of ether oxygens (including phenoxy) is 2. The van der Waals surface area contributed by atoms with E-state index in [1.807, 2.05) is 0 Å². The molecule has 2 N–H and O–H groups in total. The first-order chi connectivity index (χ1) is 17.3. The number of halogens is 2. The molecule has 4 heterocycles. The number of morpholine rings is 1. The first kappa shape index (κ1) is 25.1. The highest BCUT2D eigenvalue weighted by Crippen LogP contribution is 2.38. The smallest absolute Gasteiger partial charge is 0.342 e. The van der Waals surface area contributed by atoms with Crippen LogP contribution in [0, 0.1) is 5.82 Å².